The maximum absolute atomic E-state index is 11.1. The Balaban J connectivity index is 2.16. The number of aromatic nitrogens is 2. The summed E-state index contributed by atoms with van der Waals surface area (Å²) in [7, 11) is 0. The molecule has 2 rings (SSSR count). The SMILES string of the molecule is O=C1CC(=O)CC(c2csnn2)C1. The summed E-state index contributed by atoms with van der Waals surface area (Å²) in [6.45, 7) is 0. The molecule has 0 aromatic carbocycles. The average Bonchev–Trinajstić information content (AvgIpc) is 2.53. The maximum Gasteiger partial charge on any atom is 0.140 e. The van der Waals surface area contributed by atoms with Crippen molar-refractivity contribution >= 4 is 23.1 Å². The van der Waals surface area contributed by atoms with Gasteiger partial charge in [-0.1, -0.05) is 4.49 Å². The molecule has 0 saturated heterocycles. The first kappa shape index (κ1) is 8.50. The molecule has 1 heterocycles. The van der Waals surface area contributed by atoms with Gasteiger partial charge >= 0.3 is 0 Å². The van der Waals surface area contributed by atoms with Crippen LogP contribution in [-0.4, -0.2) is 21.2 Å². The predicted octanol–water partition coefficient (Wildman–Crippen LogP) is 0.944. The highest BCUT2D eigenvalue weighted by molar-refractivity contribution is 7.03. The second-order valence-electron chi connectivity index (χ2n) is 3.19. The van der Waals surface area contributed by atoms with Crippen LogP contribution in [-0.2, 0) is 9.59 Å². The van der Waals surface area contributed by atoms with E-state index in [1.165, 1.54) is 11.5 Å². The molecule has 0 radical (unpaired) electrons. The van der Waals surface area contributed by atoms with E-state index < -0.39 is 0 Å². The molecule has 1 aliphatic rings. The minimum absolute atomic E-state index is 0.0208. The van der Waals surface area contributed by atoms with Gasteiger partial charge in [0.15, 0.2) is 0 Å². The van der Waals surface area contributed by atoms with Crippen LogP contribution in [0, 0.1) is 0 Å². The molecular formula is C8H8N2O2S. The summed E-state index contributed by atoms with van der Waals surface area (Å²) in [5.41, 5.74) is 0.784. The third-order valence-electron chi connectivity index (χ3n) is 2.14. The van der Waals surface area contributed by atoms with Gasteiger partial charge in [0.2, 0.25) is 0 Å². The van der Waals surface area contributed by atoms with Crippen molar-refractivity contribution in [2.75, 3.05) is 0 Å². The topological polar surface area (TPSA) is 59.9 Å². The molecule has 68 valence electrons. The molecule has 0 N–H and O–H groups in total. The molecule has 1 saturated carbocycles. The first-order valence-electron chi connectivity index (χ1n) is 4.06. The number of Topliss-reactive ketones (excluding diaryl/α,β-unsaturated/α-hetero) is 2. The lowest BCUT2D eigenvalue weighted by atomic mass is 9.86. The van der Waals surface area contributed by atoms with Crippen LogP contribution in [0.15, 0.2) is 5.38 Å². The first-order valence-corrected chi connectivity index (χ1v) is 4.89. The van der Waals surface area contributed by atoms with E-state index in [2.05, 4.69) is 9.59 Å². The summed E-state index contributed by atoms with van der Waals surface area (Å²) >= 11 is 1.25. The Kier molecular flexibility index (Phi) is 2.18. The number of ketones is 2. The van der Waals surface area contributed by atoms with Crippen LogP contribution < -0.4 is 0 Å². The molecule has 0 atom stereocenters. The molecule has 1 fully saturated rings. The Morgan fingerprint density at radius 2 is 2.00 bits per heavy atom. The molecule has 4 nitrogen and oxygen atoms in total. The highest BCUT2D eigenvalue weighted by atomic mass is 32.1. The van der Waals surface area contributed by atoms with Gasteiger partial charge in [-0.15, -0.1) is 5.10 Å². The van der Waals surface area contributed by atoms with Crippen LogP contribution in [0.1, 0.15) is 30.9 Å². The Hall–Kier alpha value is -1.10. The van der Waals surface area contributed by atoms with Crippen LogP contribution in [0.4, 0.5) is 0 Å². The first-order chi connectivity index (χ1) is 6.25. The van der Waals surface area contributed by atoms with Crippen molar-refractivity contribution in [2.45, 2.75) is 25.2 Å². The summed E-state index contributed by atoms with van der Waals surface area (Å²) in [5.74, 6) is 0.0241. The van der Waals surface area contributed by atoms with Gasteiger partial charge in [0, 0.05) is 24.1 Å². The van der Waals surface area contributed by atoms with Gasteiger partial charge in [0.05, 0.1) is 12.1 Å². The molecule has 1 aliphatic carbocycles. The third kappa shape index (κ3) is 1.80. The van der Waals surface area contributed by atoms with E-state index in [4.69, 9.17) is 0 Å². The van der Waals surface area contributed by atoms with E-state index in [9.17, 15) is 9.59 Å². The fourth-order valence-electron chi connectivity index (χ4n) is 1.54. The Bertz CT molecular complexity index is 318. The largest absolute Gasteiger partial charge is 0.299 e. The van der Waals surface area contributed by atoms with Gasteiger partial charge in [-0.3, -0.25) is 9.59 Å². The summed E-state index contributed by atoms with van der Waals surface area (Å²) in [6, 6.07) is 0. The maximum atomic E-state index is 11.1. The number of carbonyl (C=O) groups excluding carboxylic acids is 2. The van der Waals surface area contributed by atoms with Gasteiger partial charge in [-0.25, -0.2) is 0 Å². The van der Waals surface area contributed by atoms with Crippen molar-refractivity contribution in [1.82, 2.24) is 9.59 Å². The molecule has 0 unspecified atom stereocenters. The molecule has 0 amide bonds. The second-order valence-corrected chi connectivity index (χ2v) is 3.80. The summed E-state index contributed by atoms with van der Waals surface area (Å²) in [6.07, 6.45) is 0.988. The minimum Gasteiger partial charge on any atom is -0.299 e. The number of hydrogen-bond donors (Lipinski definition) is 0. The van der Waals surface area contributed by atoms with Gasteiger partial charge in [0.1, 0.15) is 11.6 Å². The van der Waals surface area contributed by atoms with E-state index in [1.54, 1.807) is 5.38 Å². The van der Waals surface area contributed by atoms with Crippen molar-refractivity contribution in [1.29, 1.82) is 0 Å². The van der Waals surface area contributed by atoms with Crippen molar-refractivity contribution in [3.05, 3.63) is 11.1 Å². The van der Waals surface area contributed by atoms with Gasteiger partial charge < -0.3 is 0 Å². The third-order valence-corrected chi connectivity index (χ3v) is 2.66. The average molecular weight is 196 g/mol. The van der Waals surface area contributed by atoms with Gasteiger partial charge in [-0.2, -0.15) is 0 Å². The zero-order valence-electron chi connectivity index (χ0n) is 6.90. The standard InChI is InChI=1S/C8H8N2O2S/c11-6-1-5(2-7(12)3-6)8-4-13-10-9-8/h4-5H,1-3H2. The van der Waals surface area contributed by atoms with Crippen molar-refractivity contribution in [3.63, 3.8) is 0 Å². The Labute approximate surface area is 79.1 Å². The number of hydrogen-bond acceptors (Lipinski definition) is 5. The molecule has 5 heteroatoms. The zero-order chi connectivity index (χ0) is 9.26. The van der Waals surface area contributed by atoms with Crippen LogP contribution in [0.2, 0.25) is 0 Å². The number of carbonyl (C=O) groups is 2. The molecule has 0 bridgehead atoms. The van der Waals surface area contributed by atoms with E-state index in [0.29, 0.717) is 12.8 Å². The quantitative estimate of drug-likeness (QED) is 0.627. The molecule has 1 aromatic heterocycles. The van der Waals surface area contributed by atoms with Crippen molar-refractivity contribution in [2.24, 2.45) is 0 Å². The fourth-order valence-corrected chi connectivity index (χ4v) is 2.08. The van der Waals surface area contributed by atoms with Crippen molar-refractivity contribution < 1.29 is 9.59 Å². The van der Waals surface area contributed by atoms with Gasteiger partial charge in [-0.05, 0) is 11.5 Å². The van der Waals surface area contributed by atoms with E-state index >= 15 is 0 Å². The van der Waals surface area contributed by atoms with Crippen LogP contribution in [0.3, 0.4) is 0 Å². The van der Waals surface area contributed by atoms with Crippen LogP contribution in [0.25, 0.3) is 0 Å². The summed E-state index contributed by atoms with van der Waals surface area (Å²) in [4.78, 5) is 22.2. The number of nitrogens with zero attached hydrogens (tertiary/aromatic N) is 2. The summed E-state index contributed by atoms with van der Waals surface area (Å²) < 4.78 is 3.72. The van der Waals surface area contributed by atoms with E-state index in [0.717, 1.165) is 5.69 Å². The molecule has 0 spiro atoms. The lowest BCUT2D eigenvalue weighted by Crippen LogP contribution is -2.21. The minimum atomic E-state index is -0.0208. The smallest absolute Gasteiger partial charge is 0.140 e. The highest BCUT2D eigenvalue weighted by Gasteiger charge is 2.27. The molecular weight excluding hydrogens is 188 g/mol. The van der Waals surface area contributed by atoms with E-state index in [1.807, 2.05) is 0 Å². The number of rotatable bonds is 1. The molecule has 13 heavy (non-hydrogen) atoms. The normalized spacial score (nSPS) is 19.4. The predicted molar refractivity (Wildman–Crippen MR) is 46.5 cm³/mol. The highest BCUT2D eigenvalue weighted by Crippen LogP contribution is 2.27. The molecule has 0 aliphatic heterocycles. The lowest BCUT2D eigenvalue weighted by Gasteiger charge is -2.16. The van der Waals surface area contributed by atoms with E-state index in [-0.39, 0.29) is 23.9 Å². The van der Waals surface area contributed by atoms with Crippen LogP contribution in [0.5, 0.6) is 0 Å². The fraction of sp³-hybridized carbons (Fsp3) is 0.500. The molecule has 1 aromatic rings. The second kappa shape index (κ2) is 3.33. The lowest BCUT2D eigenvalue weighted by molar-refractivity contribution is -0.130. The Morgan fingerprint density at radius 1 is 1.31 bits per heavy atom. The zero-order valence-corrected chi connectivity index (χ0v) is 7.71. The van der Waals surface area contributed by atoms with Gasteiger partial charge in [0.25, 0.3) is 0 Å². The summed E-state index contributed by atoms with van der Waals surface area (Å²) in [5, 5.41) is 5.68. The van der Waals surface area contributed by atoms with Crippen LogP contribution >= 0.6 is 11.5 Å². The Morgan fingerprint density at radius 3 is 2.54 bits per heavy atom. The monoisotopic (exact) mass is 196 g/mol. The van der Waals surface area contributed by atoms with Crippen molar-refractivity contribution in [3.8, 4) is 0 Å².